The maximum Gasteiger partial charge on any atom is 0.122 e. The number of nitrogens with one attached hydrogen (secondary N) is 1. The fourth-order valence-electron chi connectivity index (χ4n) is 2.44. The molecule has 0 aliphatic heterocycles. The number of rotatable bonds is 5. The second-order valence-electron chi connectivity index (χ2n) is 5.03. The van der Waals surface area contributed by atoms with E-state index < -0.39 is 0 Å². The Bertz CT molecular complexity index is 628. The summed E-state index contributed by atoms with van der Waals surface area (Å²) in [6, 6.07) is 12.8. The van der Waals surface area contributed by atoms with Crippen LogP contribution in [0.15, 0.2) is 45.3 Å². The van der Waals surface area contributed by atoms with E-state index in [1.807, 2.05) is 19.2 Å². The molecule has 1 N–H and O–H groups in total. The molecule has 0 saturated carbocycles. The second-order valence-corrected chi connectivity index (χ2v) is 6.80. The zero-order chi connectivity index (χ0) is 15.4. The van der Waals surface area contributed by atoms with Crippen LogP contribution in [0.1, 0.15) is 22.7 Å². The quantitative estimate of drug-likeness (QED) is 0.743. The molecular weight excluding hydrogens is 394 g/mol. The highest BCUT2D eigenvalue weighted by Gasteiger charge is 2.16. The van der Waals surface area contributed by atoms with Crippen LogP contribution in [0.5, 0.6) is 5.75 Å². The Morgan fingerprint density at radius 3 is 2.57 bits per heavy atom. The smallest absolute Gasteiger partial charge is 0.122 e. The average molecular weight is 413 g/mol. The van der Waals surface area contributed by atoms with Crippen LogP contribution < -0.4 is 10.1 Å². The van der Waals surface area contributed by atoms with E-state index in [0.717, 1.165) is 21.1 Å². The summed E-state index contributed by atoms with van der Waals surface area (Å²) in [7, 11) is 3.71. The molecule has 0 aromatic heterocycles. The lowest BCUT2D eigenvalue weighted by molar-refractivity contribution is 0.406. The van der Waals surface area contributed by atoms with Crippen LogP contribution >= 0.6 is 31.9 Å². The van der Waals surface area contributed by atoms with Gasteiger partial charge in [0.05, 0.1) is 7.11 Å². The standard InChI is InChI=1S/C17H19Br2NO/c1-11-4-7-17(21-3)12(8-11)9-16(20-2)14-10-13(18)5-6-15(14)19/h4-8,10,16,20H,9H2,1-3H3. The molecule has 112 valence electrons. The Kier molecular flexibility index (Phi) is 5.85. The summed E-state index contributed by atoms with van der Waals surface area (Å²) in [5, 5.41) is 3.40. The molecule has 2 rings (SSSR count). The number of likely N-dealkylation sites (N-methyl/N-ethyl adjacent to an activating group) is 1. The minimum atomic E-state index is 0.215. The van der Waals surface area contributed by atoms with E-state index in [1.165, 1.54) is 16.7 Å². The number of hydrogen-bond donors (Lipinski definition) is 1. The third kappa shape index (κ3) is 4.09. The highest BCUT2D eigenvalue weighted by atomic mass is 79.9. The molecule has 0 bridgehead atoms. The van der Waals surface area contributed by atoms with E-state index in [0.29, 0.717) is 0 Å². The van der Waals surface area contributed by atoms with Crippen molar-refractivity contribution in [3.05, 3.63) is 62.0 Å². The summed E-state index contributed by atoms with van der Waals surface area (Å²) in [5.74, 6) is 0.937. The van der Waals surface area contributed by atoms with Crippen molar-refractivity contribution in [3.8, 4) is 5.75 Å². The Morgan fingerprint density at radius 2 is 1.90 bits per heavy atom. The molecule has 21 heavy (non-hydrogen) atoms. The Balaban J connectivity index is 2.35. The summed E-state index contributed by atoms with van der Waals surface area (Å²) < 4.78 is 7.68. The van der Waals surface area contributed by atoms with Crippen LogP contribution in [-0.2, 0) is 6.42 Å². The van der Waals surface area contributed by atoms with Crippen molar-refractivity contribution >= 4 is 31.9 Å². The molecule has 0 radical (unpaired) electrons. The van der Waals surface area contributed by atoms with Crippen molar-refractivity contribution in [1.29, 1.82) is 0 Å². The van der Waals surface area contributed by atoms with E-state index in [-0.39, 0.29) is 6.04 Å². The molecule has 1 atom stereocenters. The lowest BCUT2D eigenvalue weighted by atomic mass is 9.97. The van der Waals surface area contributed by atoms with Crippen molar-refractivity contribution in [3.63, 3.8) is 0 Å². The first-order chi connectivity index (χ1) is 10.0. The van der Waals surface area contributed by atoms with E-state index in [1.54, 1.807) is 7.11 Å². The minimum Gasteiger partial charge on any atom is -0.496 e. The Labute approximate surface area is 143 Å². The molecule has 0 saturated heterocycles. The number of methoxy groups -OCH3 is 1. The normalized spacial score (nSPS) is 12.2. The summed E-state index contributed by atoms with van der Waals surface area (Å²) >= 11 is 7.19. The van der Waals surface area contributed by atoms with Crippen LogP contribution in [0.4, 0.5) is 0 Å². The third-order valence-electron chi connectivity index (χ3n) is 3.54. The first-order valence-electron chi connectivity index (χ1n) is 6.81. The number of halogens is 2. The predicted octanol–water partition coefficient (Wildman–Crippen LogP) is 5.03. The molecule has 0 aliphatic carbocycles. The van der Waals surface area contributed by atoms with Crippen molar-refractivity contribution in [2.45, 2.75) is 19.4 Å². The van der Waals surface area contributed by atoms with Gasteiger partial charge in [-0.15, -0.1) is 0 Å². The van der Waals surface area contributed by atoms with Crippen LogP contribution in [-0.4, -0.2) is 14.2 Å². The molecule has 0 heterocycles. The monoisotopic (exact) mass is 411 g/mol. The fourth-order valence-corrected chi connectivity index (χ4v) is 3.34. The highest BCUT2D eigenvalue weighted by molar-refractivity contribution is 9.11. The van der Waals surface area contributed by atoms with Gasteiger partial charge in [-0.3, -0.25) is 0 Å². The lowest BCUT2D eigenvalue weighted by Crippen LogP contribution is -2.19. The van der Waals surface area contributed by atoms with E-state index in [9.17, 15) is 0 Å². The molecule has 0 amide bonds. The predicted molar refractivity (Wildman–Crippen MR) is 95.1 cm³/mol. The maximum atomic E-state index is 5.49. The third-order valence-corrected chi connectivity index (χ3v) is 4.76. The van der Waals surface area contributed by atoms with Gasteiger partial charge in [-0.1, -0.05) is 49.6 Å². The van der Waals surface area contributed by atoms with Gasteiger partial charge in [0.25, 0.3) is 0 Å². The van der Waals surface area contributed by atoms with E-state index in [4.69, 9.17) is 4.74 Å². The molecule has 2 aromatic carbocycles. The summed E-state index contributed by atoms with van der Waals surface area (Å²) in [6.45, 7) is 2.10. The first kappa shape index (κ1) is 16.5. The number of benzene rings is 2. The topological polar surface area (TPSA) is 21.3 Å². The molecule has 2 nitrogen and oxygen atoms in total. The van der Waals surface area contributed by atoms with Gasteiger partial charge >= 0.3 is 0 Å². The molecule has 0 fully saturated rings. The highest BCUT2D eigenvalue weighted by Crippen LogP contribution is 2.31. The van der Waals surface area contributed by atoms with Gasteiger partial charge in [0.2, 0.25) is 0 Å². The van der Waals surface area contributed by atoms with Crippen LogP contribution in [0.25, 0.3) is 0 Å². The van der Waals surface area contributed by atoms with Crippen LogP contribution in [0, 0.1) is 6.92 Å². The maximum absolute atomic E-state index is 5.49. The molecule has 0 spiro atoms. The molecule has 4 heteroatoms. The van der Waals surface area contributed by atoms with Crippen molar-refractivity contribution in [2.75, 3.05) is 14.2 Å². The zero-order valence-electron chi connectivity index (χ0n) is 12.4. The van der Waals surface area contributed by atoms with Gasteiger partial charge in [-0.25, -0.2) is 0 Å². The SMILES string of the molecule is CNC(Cc1cc(C)ccc1OC)c1cc(Br)ccc1Br. The van der Waals surface area contributed by atoms with E-state index in [2.05, 4.69) is 68.4 Å². The number of ether oxygens (including phenoxy) is 1. The van der Waals surface area contributed by atoms with Gasteiger partial charge in [0.15, 0.2) is 0 Å². The van der Waals surface area contributed by atoms with Crippen LogP contribution in [0.3, 0.4) is 0 Å². The molecule has 0 aliphatic rings. The van der Waals surface area contributed by atoms with Gasteiger partial charge in [-0.05, 0) is 55.8 Å². The van der Waals surface area contributed by atoms with Gasteiger partial charge < -0.3 is 10.1 Å². The fraction of sp³-hybridized carbons (Fsp3) is 0.294. The second kappa shape index (κ2) is 7.43. The first-order valence-corrected chi connectivity index (χ1v) is 8.39. The van der Waals surface area contributed by atoms with Crippen molar-refractivity contribution < 1.29 is 4.74 Å². The molecule has 1 unspecified atom stereocenters. The Morgan fingerprint density at radius 1 is 1.14 bits per heavy atom. The van der Waals surface area contributed by atoms with Gasteiger partial charge in [0, 0.05) is 15.0 Å². The van der Waals surface area contributed by atoms with Crippen LogP contribution in [0.2, 0.25) is 0 Å². The summed E-state index contributed by atoms with van der Waals surface area (Å²) in [5.41, 5.74) is 3.69. The summed E-state index contributed by atoms with van der Waals surface area (Å²) in [4.78, 5) is 0. The minimum absolute atomic E-state index is 0.215. The molecule has 2 aromatic rings. The zero-order valence-corrected chi connectivity index (χ0v) is 15.6. The van der Waals surface area contributed by atoms with Gasteiger partial charge in [-0.2, -0.15) is 0 Å². The largest absolute Gasteiger partial charge is 0.496 e. The number of aryl methyl sites for hydroxylation is 1. The Hall–Kier alpha value is -0.840. The molecular formula is C17H19Br2NO. The summed E-state index contributed by atoms with van der Waals surface area (Å²) in [6.07, 6.45) is 0.871. The van der Waals surface area contributed by atoms with E-state index >= 15 is 0 Å². The van der Waals surface area contributed by atoms with Crippen molar-refractivity contribution in [1.82, 2.24) is 5.32 Å². The average Bonchev–Trinajstić information content (AvgIpc) is 2.47. The van der Waals surface area contributed by atoms with Gasteiger partial charge in [0.1, 0.15) is 5.75 Å². The van der Waals surface area contributed by atoms with Crippen molar-refractivity contribution in [2.24, 2.45) is 0 Å². The number of hydrogen-bond acceptors (Lipinski definition) is 2. The lowest BCUT2D eigenvalue weighted by Gasteiger charge is -2.20.